The average Bonchev–Trinajstić information content (AvgIpc) is 3.42. The van der Waals surface area contributed by atoms with Crippen molar-refractivity contribution in [2.75, 3.05) is 6.54 Å². The van der Waals surface area contributed by atoms with E-state index in [1.54, 1.807) is 38.4 Å². The lowest BCUT2D eigenvalue weighted by Gasteiger charge is -2.22. The molecular weight excluding hydrogens is 412 g/mol. The number of aliphatic imine (C=N–C) groups is 1. The molecule has 1 N–H and O–H groups in total. The van der Waals surface area contributed by atoms with E-state index >= 15 is 0 Å². The molecule has 0 atom stereocenters. The van der Waals surface area contributed by atoms with Crippen molar-refractivity contribution < 1.29 is 14.3 Å². The summed E-state index contributed by atoms with van der Waals surface area (Å²) < 4.78 is 5.40. The molecule has 3 heterocycles. The van der Waals surface area contributed by atoms with Crippen molar-refractivity contribution >= 4 is 52.1 Å². The topological polar surface area (TPSA) is 87.7 Å². The number of esters is 1. The zero-order valence-electron chi connectivity index (χ0n) is 17.5. The van der Waals surface area contributed by atoms with Crippen LogP contribution in [0.4, 0.5) is 0 Å². The number of amidine groups is 1. The van der Waals surface area contributed by atoms with Crippen LogP contribution < -0.4 is 0 Å². The summed E-state index contributed by atoms with van der Waals surface area (Å²) in [5.74, 6) is -0.482. The molecule has 0 aliphatic carbocycles. The minimum Gasteiger partial charge on any atom is -0.459 e. The van der Waals surface area contributed by atoms with E-state index in [-0.39, 0.29) is 18.1 Å². The van der Waals surface area contributed by atoms with Gasteiger partial charge in [-0.2, -0.15) is 0 Å². The van der Waals surface area contributed by atoms with Crippen LogP contribution in [-0.4, -0.2) is 44.7 Å². The van der Waals surface area contributed by atoms with Gasteiger partial charge in [0.2, 0.25) is 0 Å². The number of ether oxygens (including phenoxy) is 1. The number of benzene rings is 1. The Balaban J connectivity index is 1.64. The van der Waals surface area contributed by atoms with E-state index in [4.69, 9.17) is 4.74 Å². The number of hydrogen-bond donors (Lipinski definition) is 1. The lowest BCUT2D eigenvalue weighted by molar-refractivity contribution is -0.156. The summed E-state index contributed by atoms with van der Waals surface area (Å²) in [6, 6.07) is 7.93. The molecule has 8 heteroatoms. The number of nitrogens with one attached hydrogen (secondary N) is 1. The molecule has 1 aliphatic heterocycles. The zero-order chi connectivity index (χ0) is 22.0. The van der Waals surface area contributed by atoms with Gasteiger partial charge in [0.1, 0.15) is 23.7 Å². The van der Waals surface area contributed by atoms with Crippen LogP contribution in [0.1, 0.15) is 32.0 Å². The number of H-pyrrole nitrogens is 1. The molecule has 0 unspecified atom stereocenters. The highest BCUT2D eigenvalue weighted by Crippen LogP contribution is 2.22. The molecule has 0 saturated heterocycles. The molecule has 1 aromatic carbocycles. The highest BCUT2D eigenvalue weighted by atomic mass is 32.1. The standard InChI is InChI=1S/C23H22N4O3S/c1-23(2,3)30-21(28)12-27-20(26-19(22(27)29)10-16-13-31-14-25-16)9-8-15-11-24-18-7-5-4-6-17(15)18/h4-11,13-14,24H,12H2,1-3H3/b9-8+,19-10-. The molecule has 0 radical (unpaired) electrons. The molecule has 158 valence electrons. The quantitative estimate of drug-likeness (QED) is 0.480. The van der Waals surface area contributed by atoms with Crippen LogP contribution in [-0.2, 0) is 14.3 Å². The van der Waals surface area contributed by atoms with Gasteiger partial charge in [-0.1, -0.05) is 18.2 Å². The third-order valence-corrected chi connectivity index (χ3v) is 5.06. The van der Waals surface area contributed by atoms with E-state index < -0.39 is 11.6 Å². The lowest BCUT2D eigenvalue weighted by atomic mass is 10.1. The summed E-state index contributed by atoms with van der Waals surface area (Å²) >= 11 is 1.43. The predicted octanol–water partition coefficient (Wildman–Crippen LogP) is 4.26. The normalized spacial score (nSPS) is 16.0. The first-order chi connectivity index (χ1) is 14.8. The van der Waals surface area contributed by atoms with Crippen molar-refractivity contribution in [2.24, 2.45) is 4.99 Å². The summed E-state index contributed by atoms with van der Waals surface area (Å²) in [6.07, 6.45) is 7.12. The van der Waals surface area contributed by atoms with Crippen LogP contribution in [0.3, 0.4) is 0 Å². The van der Waals surface area contributed by atoms with Gasteiger partial charge in [0.25, 0.3) is 5.91 Å². The number of hydrogen-bond acceptors (Lipinski definition) is 6. The van der Waals surface area contributed by atoms with Crippen LogP contribution >= 0.6 is 11.3 Å². The minimum atomic E-state index is -0.643. The zero-order valence-corrected chi connectivity index (χ0v) is 18.3. The average molecular weight is 435 g/mol. The summed E-state index contributed by atoms with van der Waals surface area (Å²) in [5, 5.41) is 2.88. The number of aromatic nitrogens is 2. The minimum absolute atomic E-state index is 0.221. The fourth-order valence-corrected chi connectivity index (χ4v) is 3.69. The molecule has 1 aliphatic rings. The van der Waals surface area contributed by atoms with Crippen LogP contribution in [0, 0.1) is 0 Å². The number of rotatable bonds is 5. The summed E-state index contributed by atoms with van der Waals surface area (Å²) in [7, 11) is 0. The van der Waals surface area contributed by atoms with Crippen LogP contribution in [0.15, 0.2) is 58.1 Å². The Labute approximate surface area is 183 Å². The van der Waals surface area contributed by atoms with Crippen molar-refractivity contribution in [3.05, 3.63) is 64.4 Å². The Bertz CT molecular complexity index is 1210. The van der Waals surface area contributed by atoms with Crippen molar-refractivity contribution in [1.29, 1.82) is 0 Å². The third-order valence-electron chi connectivity index (χ3n) is 4.45. The first-order valence-corrected chi connectivity index (χ1v) is 10.7. The second-order valence-corrected chi connectivity index (χ2v) is 8.73. The van der Waals surface area contributed by atoms with Gasteiger partial charge in [0.05, 0.1) is 11.2 Å². The predicted molar refractivity (Wildman–Crippen MR) is 122 cm³/mol. The van der Waals surface area contributed by atoms with Crippen molar-refractivity contribution in [3.63, 3.8) is 0 Å². The van der Waals surface area contributed by atoms with Gasteiger partial charge in [-0.05, 0) is 50.6 Å². The van der Waals surface area contributed by atoms with Gasteiger partial charge < -0.3 is 9.72 Å². The Morgan fingerprint density at radius 1 is 1.26 bits per heavy atom. The third kappa shape index (κ3) is 4.80. The van der Waals surface area contributed by atoms with Crippen molar-refractivity contribution in [3.8, 4) is 0 Å². The highest BCUT2D eigenvalue weighted by Gasteiger charge is 2.32. The Kier molecular flexibility index (Phi) is 5.56. The summed E-state index contributed by atoms with van der Waals surface area (Å²) in [4.78, 5) is 38.6. The summed E-state index contributed by atoms with van der Waals surface area (Å²) in [5.41, 5.74) is 3.90. The number of thiazole rings is 1. The van der Waals surface area contributed by atoms with Gasteiger partial charge in [-0.15, -0.1) is 11.3 Å². The molecule has 31 heavy (non-hydrogen) atoms. The number of para-hydroxylation sites is 1. The molecule has 1 amide bonds. The van der Waals surface area contributed by atoms with E-state index in [2.05, 4.69) is 15.0 Å². The van der Waals surface area contributed by atoms with E-state index in [1.165, 1.54) is 16.2 Å². The van der Waals surface area contributed by atoms with E-state index in [1.807, 2.05) is 41.9 Å². The SMILES string of the molecule is CC(C)(C)OC(=O)CN1C(=O)/C(=C/c2cscn2)N=C1/C=C/c1c[nH]c2ccccc12. The number of amides is 1. The number of carbonyl (C=O) groups excluding carboxylic acids is 2. The maximum absolute atomic E-state index is 13.0. The van der Waals surface area contributed by atoms with Crippen molar-refractivity contribution in [2.45, 2.75) is 26.4 Å². The first-order valence-electron chi connectivity index (χ1n) is 9.77. The maximum Gasteiger partial charge on any atom is 0.326 e. The van der Waals surface area contributed by atoms with Crippen LogP contribution in [0.25, 0.3) is 23.1 Å². The summed E-state index contributed by atoms with van der Waals surface area (Å²) in [6.45, 7) is 5.14. The molecule has 0 fully saturated rings. The molecule has 0 spiro atoms. The van der Waals surface area contributed by atoms with Gasteiger partial charge in [-0.25, -0.2) is 9.98 Å². The molecule has 4 rings (SSSR count). The number of carbonyl (C=O) groups is 2. The monoisotopic (exact) mass is 434 g/mol. The highest BCUT2D eigenvalue weighted by molar-refractivity contribution is 7.07. The number of nitrogens with zero attached hydrogens (tertiary/aromatic N) is 3. The molecule has 0 saturated carbocycles. The first kappa shape index (κ1) is 20.7. The Morgan fingerprint density at radius 3 is 2.81 bits per heavy atom. The largest absolute Gasteiger partial charge is 0.459 e. The molecule has 0 bridgehead atoms. The second-order valence-electron chi connectivity index (χ2n) is 8.01. The van der Waals surface area contributed by atoms with Gasteiger partial charge in [-0.3, -0.25) is 14.5 Å². The lowest BCUT2D eigenvalue weighted by Crippen LogP contribution is -2.39. The molecular formula is C23H22N4O3S. The smallest absolute Gasteiger partial charge is 0.326 e. The fraction of sp³-hybridized carbons (Fsp3) is 0.217. The van der Waals surface area contributed by atoms with Gasteiger partial charge >= 0.3 is 5.97 Å². The number of aromatic amines is 1. The second kappa shape index (κ2) is 8.31. The number of fused-ring (bicyclic) bond motifs is 1. The fourth-order valence-electron chi connectivity index (χ4n) is 3.18. The Hall–Kier alpha value is -3.52. The molecule has 3 aromatic rings. The van der Waals surface area contributed by atoms with Crippen LogP contribution in [0.5, 0.6) is 0 Å². The van der Waals surface area contributed by atoms with E-state index in [0.29, 0.717) is 11.5 Å². The van der Waals surface area contributed by atoms with E-state index in [0.717, 1.165) is 16.5 Å². The molecule has 7 nitrogen and oxygen atoms in total. The Morgan fingerprint density at radius 2 is 2.06 bits per heavy atom. The van der Waals surface area contributed by atoms with Gasteiger partial charge in [0, 0.05) is 22.5 Å². The maximum atomic E-state index is 13.0. The molecule has 2 aromatic heterocycles. The van der Waals surface area contributed by atoms with E-state index in [9.17, 15) is 9.59 Å². The van der Waals surface area contributed by atoms with Gasteiger partial charge in [0.15, 0.2) is 0 Å². The van der Waals surface area contributed by atoms with Crippen molar-refractivity contribution in [1.82, 2.24) is 14.9 Å². The van der Waals surface area contributed by atoms with Crippen LogP contribution in [0.2, 0.25) is 0 Å².